The van der Waals surface area contributed by atoms with Crippen LogP contribution in [-0.4, -0.2) is 19.9 Å². The molecule has 0 aromatic carbocycles. The number of rotatable bonds is 4. The van der Waals surface area contributed by atoms with Gasteiger partial charge >= 0.3 is 0 Å². The van der Waals surface area contributed by atoms with E-state index in [0.717, 1.165) is 12.1 Å². The number of halogens is 8. The van der Waals surface area contributed by atoms with E-state index in [9.17, 15) is 26.3 Å². The van der Waals surface area contributed by atoms with Crippen molar-refractivity contribution >= 4 is 23.2 Å². The Labute approximate surface area is 204 Å². The molecule has 0 saturated heterocycles. The lowest BCUT2D eigenvalue weighted by atomic mass is 9.83. The Kier molecular flexibility index (Phi) is 6.46. The number of pyridine rings is 4. The van der Waals surface area contributed by atoms with E-state index in [-0.39, 0.29) is 10.3 Å². The molecule has 0 unspecified atom stereocenters. The van der Waals surface area contributed by atoms with Crippen molar-refractivity contribution in [3.63, 3.8) is 0 Å². The smallest absolute Gasteiger partial charge is 0.223 e. The lowest BCUT2D eigenvalue weighted by molar-refractivity contribution is 0.471. The highest BCUT2D eigenvalue weighted by molar-refractivity contribution is 6.29. The molecule has 0 atom stereocenters. The van der Waals surface area contributed by atoms with Crippen LogP contribution >= 0.6 is 23.2 Å². The molecule has 0 radical (unpaired) electrons. The van der Waals surface area contributed by atoms with E-state index in [1.165, 1.54) is 26.0 Å². The van der Waals surface area contributed by atoms with Gasteiger partial charge in [-0.1, -0.05) is 23.2 Å². The zero-order chi connectivity index (χ0) is 25.7. The largest absolute Gasteiger partial charge is 0.246 e. The minimum atomic E-state index is -1.77. The van der Waals surface area contributed by atoms with Gasteiger partial charge < -0.3 is 0 Å². The van der Waals surface area contributed by atoms with Gasteiger partial charge in [-0.2, -0.15) is 8.78 Å². The van der Waals surface area contributed by atoms with E-state index < -0.39 is 74.5 Å². The van der Waals surface area contributed by atoms with Crippen molar-refractivity contribution in [3.05, 3.63) is 93.3 Å². The van der Waals surface area contributed by atoms with Crippen LogP contribution in [0.3, 0.4) is 0 Å². The molecule has 0 aliphatic heterocycles. The Morgan fingerprint density at radius 1 is 0.571 bits per heavy atom. The summed E-state index contributed by atoms with van der Waals surface area (Å²) in [7, 11) is 0. The second-order valence-corrected chi connectivity index (χ2v) is 8.64. The molecule has 0 aliphatic carbocycles. The molecule has 4 rings (SSSR count). The monoisotopic (exact) mass is 528 g/mol. The summed E-state index contributed by atoms with van der Waals surface area (Å²) in [6.45, 7) is 2.56. The Bertz CT molecular complexity index is 1370. The second-order valence-electron chi connectivity index (χ2n) is 7.87. The summed E-state index contributed by atoms with van der Waals surface area (Å²) in [4.78, 5) is 14.6. The van der Waals surface area contributed by atoms with E-state index >= 15 is 0 Å². The summed E-state index contributed by atoms with van der Waals surface area (Å²) in [5.74, 6) is -7.17. The summed E-state index contributed by atoms with van der Waals surface area (Å²) in [6, 6.07) is 5.43. The van der Waals surface area contributed by atoms with E-state index in [4.69, 9.17) is 23.2 Å². The third-order valence-electron chi connectivity index (χ3n) is 5.18. The second kappa shape index (κ2) is 9.09. The van der Waals surface area contributed by atoms with E-state index in [1.807, 2.05) is 0 Å². The van der Waals surface area contributed by atoms with Crippen LogP contribution in [0.15, 0.2) is 36.4 Å². The predicted molar refractivity (Wildman–Crippen MR) is 117 cm³/mol. The van der Waals surface area contributed by atoms with Gasteiger partial charge in [0.25, 0.3) is 0 Å². The molecule has 12 heteroatoms. The molecular formula is C23H12Cl2F6N4. The standard InChI is InChI=1S/C23H12Cl2F6N4/c1-23(2,19-13(28)7-11(26)17(34-19)9-3-5-15(24)32-21(9)30)20-14(29)8-12(27)18(35-20)10-4-6-16(25)33-22(10)31/h3-8H,1-2H3. The van der Waals surface area contributed by atoms with Crippen LogP contribution in [0, 0.1) is 35.2 Å². The molecule has 35 heavy (non-hydrogen) atoms. The molecule has 0 spiro atoms. The quantitative estimate of drug-likeness (QED) is 0.210. The maximum absolute atomic E-state index is 14.9. The summed E-state index contributed by atoms with van der Waals surface area (Å²) in [6.07, 6.45) is 0. The zero-order valence-corrected chi connectivity index (χ0v) is 19.3. The molecule has 0 N–H and O–H groups in total. The lowest BCUT2D eigenvalue weighted by Gasteiger charge is -2.26. The first-order valence-corrected chi connectivity index (χ1v) is 10.5. The van der Waals surface area contributed by atoms with Gasteiger partial charge in [-0.15, -0.1) is 0 Å². The first-order valence-electron chi connectivity index (χ1n) is 9.78. The van der Waals surface area contributed by atoms with Gasteiger partial charge in [0.05, 0.1) is 27.9 Å². The molecule has 0 amide bonds. The lowest BCUT2D eigenvalue weighted by Crippen LogP contribution is -2.27. The van der Waals surface area contributed by atoms with Crippen molar-refractivity contribution < 1.29 is 26.3 Å². The molecule has 0 aliphatic rings. The van der Waals surface area contributed by atoms with Crippen LogP contribution in [0.1, 0.15) is 25.2 Å². The molecule has 4 aromatic rings. The van der Waals surface area contributed by atoms with Crippen molar-refractivity contribution in [3.8, 4) is 22.5 Å². The molecule has 0 saturated carbocycles. The van der Waals surface area contributed by atoms with Gasteiger partial charge in [-0.3, -0.25) is 0 Å². The normalized spacial score (nSPS) is 11.7. The summed E-state index contributed by atoms with van der Waals surface area (Å²) in [5, 5.41) is -0.410. The summed E-state index contributed by atoms with van der Waals surface area (Å²) >= 11 is 11.2. The predicted octanol–water partition coefficient (Wildman–Crippen LogP) is 7.07. The van der Waals surface area contributed by atoms with Crippen LogP contribution in [0.25, 0.3) is 22.5 Å². The van der Waals surface area contributed by atoms with E-state index in [2.05, 4.69) is 19.9 Å². The minimum absolute atomic E-state index is 0.205. The highest BCUT2D eigenvalue weighted by Crippen LogP contribution is 2.37. The Hall–Kier alpha value is -3.24. The number of hydrogen-bond donors (Lipinski definition) is 0. The number of hydrogen-bond acceptors (Lipinski definition) is 4. The van der Waals surface area contributed by atoms with Crippen molar-refractivity contribution in [1.29, 1.82) is 0 Å². The third-order valence-corrected chi connectivity index (χ3v) is 5.60. The van der Waals surface area contributed by atoms with Crippen LogP contribution in [0.4, 0.5) is 26.3 Å². The molecule has 0 bridgehead atoms. The SMILES string of the molecule is CC(C)(c1nc(-c2ccc(Cl)nc2F)c(F)cc1F)c1nc(-c2ccc(Cl)nc2F)c(F)cc1F. The summed E-state index contributed by atoms with van der Waals surface area (Å²) in [5.41, 5.74) is -4.94. The Morgan fingerprint density at radius 3 is 1.29 bits per heavy atom. The maximum Gasteiger partial charge on any atom is 0.223 e. The highest BCUT2D eigenvalue weighted by Gasteiger charge is 2.35. The maximum atomic E-state index is 14.9. The van der Waals surface area contributed by atoms with Crippen molar-refractivity contribution in [2.24, 2.45) is 0 Å². The first kappa shape index (κ1) is 24.9. The average molecular weight is 529 g/mol. The molecule has 4 heterocycles. The van der Waals surface area contributed by atoms with Crippen LogP contribution in [0.2, 0.25) is 10.3 Å². The van der Waals surface area contributed by atoms with Gasteiger partial charge in [0.1, 0.15) is 33.3 Å². The van der Waals surface area contributed by atoms with E-state index in [1.54, 1.807) is 0 Å². The van der Waals surface area contributed by atoms with Crippen molar-refractivity contribution in [2.75, 3.05) is 0 Å². The average Bonchev–Trinajstić information content (AvgIpc) is 2.75. The topological polar surface area (TPSA) is 51.6 Å². The van der Waals surface area contributed by atoms with Crippen molar-refractivity contribution in [1.82, 2.24) is 19.9 Å². The Morgan fingerprint density at radius 2 is 0.943 bits per heavy atom. The van der Waals surface area contributed by atoms with Gasteiger partial charge in [0.2, 0.25) is 11.9 Å². The number of nitrogens with zero attached hydrogens (tertiary/aromatic N) is 4. The summed E-state index contributed by atoms with van der Waals surface area (Å²) < 4.78 is 87.5. The zero-order valence-electron chi connectivity index (χ0n) is 17.8. The minimum Gasteiger partial charge on any atom is -0.246 e. The first-order chi connectivity index (χ1) is 16.4. The van der Waals surface area contributed by atoms with Crippen LogP contribution in [-0.2, 0) is 5.41 Å². The fourth-order valence-corrected chi connectivity index (χ4v) is 3.75. The Balaban J connectivity index is 1.91. The van der Waals surface area contributed by atoms with Gasteiger partial charge in [-0.05, 0) is 38.1 Å². The van der Waals surface area contributed by atoms with Crippen LogP contribution < -0.4 is 0 Å². The number of aromatic nitrogens is 4. The fourth-order valence-electron chi connectivity index (χ4n) is 3.48. The molecule has 0 fully saturated rings. The van der Waals surface area contributed by atoms with Crippen LogP contribution in [0.5, 0.6) is 0 Å². The molecular weight excluding hydrogens is 517 g/mol. The van der Waals surface area contributed by atoms with Crippen molar-refractivity contribution in [2.45, 2.75) is 19.3 Å². The van der Waals surface area contributed by atoms with Gasteiger partial charge in [0, 0.05) is 12.1 Å². The van der Waals surface area contributed by atoms with Gasteiger partial charge in [-0.25, -0.2) is 37.5 Å². The third kappa shape index (κ3) is 4.55. The molecule has 4 aromatic heterocycles. The van der Waals surface area contributed by atoms with E-state index in [0.29, 0.717) is 12.1 Å². The fraction of sp³-hybridized carbons (Fsp3) is 0.130. The molecule has 180 valence electrons. The molecule has 4 nitrogen and oxygen atoms in total. The van der Waals surface area contributed by atoms with Gasteiger partial charge in [0.15, 0.2) is 11.6 Å². The highest BCUT2D eigenvalue weighted by atomic mass is 35.5.